The van der Waals surface area contributed by atoms with Crippen LogP contribution in [0.25, 0.3) is 0 Å². The van der Waals surface area contributed by atoms with E-state index in [2.05, 4.69) is 0 Å². The number of ether oxygens (including phenoxy) is 1. The SMILES string of the molecule is CCOc1cc(C#N)cc([N+](=O)[O-])c1C(C)=O. The first-order valence-electron chi connectivity index (χ1n) is 4.87. The molecular formula is C11H10N2O4. The number of Topliss-reactive ketones (excluding diaryl/α,β-unsaturated/α-hetero) is 1. The predicted octanol–water partition coefficient (Wildman–Crippen LogP) is 2.07. The van der Waals surface area contributed by atoms with Gasteiger partial charge in [-0.3, -0.25) is 14.9 Å². The standard InChI is InChI=1S/C11H10N2O4/c1-3-17-10-5-8(6-12)4-9(13(15)16)11(10)7(2)14/h4-5H,3H2,1-2H3. The van der Waals surface area contributed by atoms with Gasteiger partial charge in [-0.1, -0.05) is 0 Å². The average Bonchev–Trinajstić information content (AvgIpc) is 2.27. The van der Waals surface area contributed by atoms with Crippen molar-refractivity contribution in [2.75, 3.05) is 6.61 Å². The molecule has 1 aromatic carbocycles. The molecule has 1 aromatic rings. The van der Waals surface area contributed by atoms with Crippen LogP contribution in [0, 0.1) is 21.4 Å². The lowest BCUT2D eigenvalue weighted by Crippen LogP contribution is -2.05. The Morgan fingerprint density at radius 1 is 1.59 bits per heavy atom. The van der Waals surface area contributed by atoms with Gasteiger partial charge < -0.3 is 4.74 Å². The highest BCUT2D eigenvalue weighted by atomic mass is 16.6. The molecule has 0 bridgehead atoms. The molecule has 1 rings (SSSR count). The monoisotopic (exact) mass is 234 g/mol. The zero-order chi connectivity index (χ0) is 13.0. The number of nitro benzene ring substituents is 1. The summed E-state index contributed by atoms with van der Waals surface area (Å²) in [5, 5.41) is 19.6. The Bertz CT molecular complexity index is 517. The van der Waals surface area contributed by atoms with E-state index in [0.717, 1.165) is 6.07 Å². The van der Waals surface area contributed by atoms with Gasteiger partial charge in [-0.15, -0.1) is 0 Å². The van der Waals surface area contributed by atoms with Crippen LogP contribution in [0.3, 0.4) is 0 Å². The van der Waals surface area contributed by atoms with Gasteiger partial charge >= 0.3 is 0 Å². The second-order valence-electron chi connectivity index (χ2n) is 3.23. The second kappa shape index (κ2) is 5.07. The fourth-order valence-electron chi connectivity index (χ4n) is 1.43. The van der Waals surface area contributed by atoms with Crippen molar-refractivity contribution in [2.45, 2.75) is 13.8 Å². The number of rotatable bonds is 4. The third kappa shape index (κ3) is 2.58. The summed E-state index contributed by atoms with van der Waals surface area (Å²) in [4.78, 5) is 21.5. The first kappa shape index (κ1) is 12.6. The van der Waals surface area contributed by atoms with E-state index in [-0.39, 0.29) is 23.5 Å². The molecule has 0 heterocycles. The maximum Gasteiger partial charge on any atom is 0.285 e. The van der Waals surface area contributed by atoms with Gasteiger partial charge in [0.1, 0.15) is 11.3 Å². The largest absolute Gasteiger partial charge is 0.493 e. The molecule has 0 aliphatic rings. The molecule has 0 radical (unpaired) electrons. The van der Waals surface area contributed by atoms with Crippen LogP contribution in [-0.2, 0) is 0 Å². The zero-order valence-corrected chi connectivity index (χ0v) is 9.39. The molecule has 17 heavy (non-hydrogen) atoms. The molecule has 0 saturated carbocycles. The number of ketones is 1. The zero-order valence-electron chi connectivity index (χ0n) is 9.39. The van der Waals surface area contributed by atoms with Gasteiger partial charge in [0.25, 0.3) is 5.69 Å². The highest BCUT2D eigenvalue weighted by Crippen LogP contribution is 2.30. The summed E-state index contributed by atoms with van der Waals surface area (Å²) in [6.07, 6.45) is 0. The molecule has 88 valence electrons. The molecule has 6 nitrogen and oxygen atoms in total. The Hall–Kier alpha value is -2.42. The van der Waals surface area contributed by atoms with Crippen molar-refractivity contribution in [3.8, 4) is 11.8 Å². The van der Waals surface area contributed by atoms with E-state index >= 15 is 0 Å². The van der Waals surface area contributed by atoms with Gasteiger partial charge in [-0.05, 0) is 19.9 Å². The Balaban J connectivity index is 3.56. The van der Waals surface area contributed by atoms with Gasteiger partial charge in [0.05, 0.1) is 23.2 Å². The average molecular weight is 234 g/mol. The number of nitrogens with zero attached hydrogens (tertiary/aromatic N) is 2. The molecular weight excluding hydrogens is 224 g/mol. The van der Waals surface area contributed by atoms with Gasteiger partial charge in [0.2, 0.25) is 0 Å². The number of carbonyl (C=O) groups is 1. The molecule has 0 atom stereocenters. The summed E-state index contributed by atoms with van der Waals surface area (Å²) in [5.74, 6) is -0.393. The number of nitro groups is 1. The van der Waals surface area contributed by atoms with Crippen molar-refractivity contribution >= 4 is 11.5 Å². The number of hydrogen-bond acceptors (Lipinski definition) is 5. The Kier molecular flexibility index (Phi) is 3.78. The number of benzene rings is 1. The fourth-order valence-corrected chi connectivity index (χ4v) is 1.43. The van der Waals surface area contributed by atoms with E-state index in [1.165, 1.54) is 13.0 Å². The summed E-state index contributed by atoms with van der Waals surface area (Å²) in [6.45, 7) is 3.16. The lowest BCUT2D eigenvalue weighted by molar-refractivity contribution is -0.385. The number of hydrogen-bond donors (Lipinski definition) is 0. The molecule has 0 saturated heterocycles. The molecule has 0 aromatic heterocycles. The van der Waals surface area contributed by atoms with Crippen molar-refractivity contribution in [1.29, 1.82) is 5.26 Å². The third-order valence-corrected chi connectivity index (χ3v) is 2.06. The van der Waals surface area contributed by atoms with Crippen LogP contribution in [0.2, 0.25) is 0 Å². The minimum atomic E-state index is -0.694. The van der Waals surface area contributed by atoms with E-state index in [1.54, 1.807) is 13.0 Å². The highest BCUT2D eigenvalue weighted by Gasteiger charge is 2.24. The summed E-state index contributed by atoms with van der Waals surface area (Å²) in [5.41, 5.74) is -0.416. The van der Waals surface area contributed by atoms with Crippen molar-refractivity contribution in [3.63, 3.8) is 0 Å². The normalized spacial score (nSPS) is 9.47. The van der Waals surface area contributed by atoms with Gasteiger partial charge in [-0.25, -0.2) is 0 Å². The van der Waals surface area contributed by atoms with Crippen LogP contribution in [0.5, 0.6) is 5.75 Å². The van der Waals surface area contributed by atoms with Gasteiger partial charge in [0, 0.05) is 6.07 Å². The Labute approximate surface area is 97.6 Å². The van der Waals surface area contributed by atoms with Crippen molar-refractivity contribution < 1.29 is 14.5 Å². The molecule has 0 amide bonds. The highest BCUT2D eigenvalue weighted by molar-refractivity contribution is 6.01. The van der Waals surface area contributed by atoms with Crippen LogP contribution in [-0.4, -0.2) is 17.3 Å². The maximum atomic E-state index is 11.4. The lowest BCUT2D eigenvalue weighted by Gasteiger charge is -2.08. The second-order valence-corrected chi connectivity index (χ2v) is 3.23. The minimum Gasteiger partial charge on any atom is -0.493 e. The summed E-state index contributed by atoms with van der Waals surface area (Å²) < 4.78 is 5.16. The van der Waals surface area contributed by atoms with Crippen LogP contribution >= 0.6 is 0 Å². The lowest BCUT2D eigenvalue weighted by atomic mass is 10.1. The van der Waals surface area contributed by atoms with E-state index in [4.69, 9.17) is 10.00 Å². The van der Waals surface area contributed by atoms with Gasteiger partial charge in [-0.2, -0.15) is 5.26 Å². The molecule has 0 N–H and O–H groups in total. The number of nitriles is 1. The molecule has 0 aliphatic heterocycles. The van der Waals surface area contributed by atoms with E-state index < -0.39 is 16.4 Å². The van der Waals surface area contributed by atoms with Crippen LogP contribution < -0.4 is 4.74 Å². The molecule has 0 fully saturated rings. The summed E-state index contributed by atoms with van der Waals surface area (Å²) >= 11 is 0. The van der Waals surface area contributed by atoms with Crippen LogP contribution in [0.1, 0.15) is 29.8 Å². The van der Waals surface area contributed by atoms with Crippen molar-refractivity contribution in [2.24, 2.45) is 0 Å². The van der Waals surface area contributed by atoms with E-state index in [9.17, 15) is 14.9 Å². The van der Waals surface area contributed by atoms with E-state index in [0.29, 0.717) is 0 Å². The molecule has 0 spiro atoms. The van der Waals surface area contributed by atoms with E-state index in [1.807, 2.05) is 0 Å². The summed E-state index contributed by atoms with van der Waals surface area (Å²) in [6, 6.07) is 4.19. The Morgan fingerprint density at radius 3 is 2.65 bits per heavy atom. The number of carbonyl (C=O) groups excluding carboxylic acids is 1. The summed E-state index contributed by atoms with van der Waals surface area (Å²) in [7, 11) is 0. The van der Waals surface area contributed by atoms with Crippen molar-refractivity contribution in [1.82, 2.24) is 0 Å². The predicted molar refractivity (Wildman–Crippen MR) is 59.0 cm³/mol. The molecule has 6 heteroatoms. The Morgan fingerprint density at radius 2 is 2.24 bits per heavy atom. The first-order valence-corrected chi connectivity index (χ1v) is 4.87. The van der Waals surface area contributed by atoms with Crippen molar-refractivity contribution in [3.05, 3.63) is 33.4 Å². The molecule has 0 unspecified atom stereocenters. The van der Waals surface area contributed by atoms with Gasteiger partial charge in [0.15, 0.2) is 5.78 Å². The van der Waals surface area contributed by atoms with Crippen LogP contribution in [0.15, 0.2) is 12.1 Å². The van der Waals surface area contributed by atoms with Crippen LogP contribution in [0.4, 0.5) is 5.69 Å². The quantitative estimate of drug-likeness (QED) is 0.451. The topological polar surface area (TPSA) is 93.2 Å². The minimum absolute atomic E-state index is 0.0748. The maximum absolute atomic E-state index is 11.4. The first-order chi connectivity index (χ1) is 8.01. The third-order valence-electron chi connectivity index (χ3n) is 2.06. The fraction of sp³-hybridized carbons (Fsp3) is 0.273. The molecule has 0 aliphatic carbocycles. The smallest absolute Gasteiger partial charge is 0.285 e.